The minimum absolute atomic E-state index is 0.0443. The predicted octanol–water partition coefficient (Wildman–Crippen LogP) is 7.48. The molecule has 0 fully saturated rings. The highest BCUT2D eigenvalue weighted by atomic mass is 79.9. The van der Waals surface area contributed by atoms with Crippen LogP contribution in [0.2, 0.25) is 0 Å². The smallest absolute Gasteiger partial charge is 0.265 e. The molecule has 1 unspecified atom stereocenters. The fourth-order valence-electron chi connectivity index (χ4n) is 3.55. The molecule has 3 aromatic carbocycles. The third-order valence-corrected chi connectivity index (χ3v) is 6.50. The number of carbonyl (C=O) groups is 1. The summed E-state index contributed by atoms with van der Waals surface area (Å²) in [5, 5.41) is 2.96. The molecular formula is C28H32BrNO2. The minimum atomic E-state index is -0.628. The molecule has 0 saturated heterocycles. The summed E-state index contributed by atoms with van der Waals surface area (Å²) in [6.45, 7) is 12.7. The summed E-state index contributed by atoms with van der Waals surface area (Å²) >= 11 is 3.57. The van der Waals surface area contributed by atoms with E-state index in [4.69, 9.17) is 4.74 Å². The van der Waals surface area contributed by atoms with Crippen LogP contribution >= 0.6 is 15.9 Å². The molecule has 4 heteroatoms. The summed E-state index contributed by atoms with van der Waals surface area (Å²) in [5.74, 6) is 0.477. The maximum absolute atomic E-state index is 12.7. The van der Waals surface area contributed by atoms with Gasteiger partial charge in [0.05, 0.1) is 5.69 Å². The Labute approximate surface area is 200 Å². The molecule has 0 radical (unpaired) electrons. The predicted molar refractivity (Wildman–Crippen MR) is 137 cm³/mol. The summed E-state index contributed by atoms with van der Waals surface area (Å²) in [6, 6.07) is 24.4. The van der Waals surface area contributed by atoms with Crippen LogP contribution in [0.25, 0.3) is 0 Å². The van der Waals surface area contributed by atoms with Crippen molar-refractivity contribution in [3.63, 3.8) is 0 Å². The van der Waals surface area contributed by atoms with Gasteiger partial charge in [-0.05, 0) is 69.2 Å². The van der Waals surface area contributed by atoms with E-state index in [1.165, 1.54) is 16.7 Å². The van der Waals surface area contributed by atoms with E-state index >= 15 is 0 Å². The van der Waals surface area contributed by atoms with Crippen molar-refractivity contribution in [2.75, 3.05) is 5.32 Å². The molecule has 168 valence electrons. The maximum Gasteiger partial charge on any atom is 0.265 e. The first kappa shape index (κ1) is 24.1. The van der Waals surface area contributed by atoms with Crippen LogP contribution in [0.3, 0.4) is 0 Å². The zero-order chi connectivity index (χ0) is 23.5. The third-order valence-electron chi connectivity index (χ3n) is 5.85. The van der Waals surface area contributed by atoms with Gasteiger partial charge in [-0.2, -0.15) is 0 Å². The van der Waals surface area contributed by atoms with E-state index in [0.29, 0.717) is 5.75 Å². The van der Waals surface area contributed by atoms with E-state index in [1.54, 1.807) is 6.92 Å². The monoisotopic (exact) mass is 493 g/mol. The lowest BCUT2D eigenvalue weighted by Gasteiger charge is -2.26. The van der Waals surface area contributed by atoms with Gasteiger partial charge in [0.1, 0.15) is 5.75 Å². The molecule has 1 atom stereocenters. The molecule has 3 aromatic rings. The van der Waals surface area contributed by atoms with Crippen LogP contribution < -0.4 is 10.1 Å². The lowest BCUT2D eigenvalue weighted by Crippen LogP contribution is -2.30. The molecule has 0 bridgehead atoms. The van der Waals surface area contributed by atoms with Gasteiger partial charge in [0.2, 0.25) is 0 Å². The summed E-state index contributed by atoms with van der Waals surface area (Å²) in [5.41, 5.74) is 4.31. The van der Waals surface area contributed by atoms with Gasteiger partial charge in [0.15, 0.2) is 6.10 Å². The molecule has 32 heavy (non-hydrogen) atoms. The fraction of sp³-hybridized carbons (Fsp3) is 0.321. The Morgan fingerprint density at radius 2 is 1.41 bits per heavy atom. The maximum atomic E-state index is 12.7. The molecular weight excluding hydrogens is 462 g/mol. The fourth-order valence-corrected chi connectivity index (χ4v) is 4.02. The minimum Gasteiger partial charge on any atom is -0.481 e. The van der Waals surface area contributed by atoms with Crippen molar-refractivity contribution < 1.29 is 9.53 Å². The molecule has 3 rings (SSSR count). The van der Waals surface area contributed by atoms with Gasteiger partial charge in [-0.3, -0.25) is 4.79 Å². The van der Waals surface area contributed by atoms with Crippen molar-refractivity contribution in [1.29, 1.82) is 0 Å². The number of amides is 1. The highest BCUT2D eigenvalue weighted by Gasteiger charge is 2.23. The first-order valence-corrected chi connectivity index (χ1v) is 11.7. The van der Waals surface area contributed by atoms with Gasteiger partial charge in [0, 0.05) is 9.89 Å². The van der Waals surface area contributed by atoms with Crippen molar-refractivity contribution in [2.24, 2.45) is 0 Å². The quantitative estimate of drug-likeness (QED) is 0.386. The van der Waals surface area contributed by atoms with E-state index in [9.17, 15) is 4.79 Å². The van der Waals surface area contributed by atoms with Crippen LogP contribution in [-0.4, -0.2) is 12.0 Å². The SMILES string of the molecule is CC(Oc1ccc(C(C)(C)c2ccccc2)cc1)C(=O)Nc1ccc(C(C)(C)C)cc1Br. The molecule has 0 spiro atoms. The second kappa shape index (κ2) is 9.50. The Morgan fingerprint density at radius 3 is 1.97 bits per heavy atom. The summed E-state index contributed by atoms with van der Waals surface area (Å²) < 4.78 is 6.77. The average molecular weight is 494 g/mol. The Bertz CT molecular complexity index is 1070. The number of benzene rings is 3. The van der Waals surface area contributed by atoms with E-state index in [1.807, 2.05) is 36.4 Å². The van der Waals surface area contributed by atoms with E-state index < -0.39 is 6.10 Å². The molecule has 1 N–H and O–H groups in total. The molecule has 0 aromatic heterocycles. The number of hydrogen-bond donors (Lipinski definition) is 1. The van der Waals surface area contributed by atoms with Crippen LogP contribution in [0, 0.1) is 0 Å². The Hall–Kier alpha value is -2.59. The highest BCUT2D eigenvalue weighted by molar-refractivity contribution is 9.10. The van der Waals surface area contributed by atoms with Crippen LogP contribution in [0.15, 0.2) is 77.3 Å². The van der Waals surface area contributed by atoms with Crippen molar-refractivity contribution in [2.45, 2.75) is 58.5 Å². The topological polar surface area (TPSA) is 38.3 Å². The second-order valence-electron chi connectivity index (χ2n) is 9.71. The first-order chi connectivity index (χ1) is 15.0. The number of hydrogen-bond acceptors (Lipinski definition) is 2. The number of rotatable bonds is 6. The summed E-state index contributed by atoms with van der Waals surface area (Å²) in [7, 11) is 0. The highest BCUT2D eigenvalue weighted by Crippen LogP contribution is 2.33. The summed E-state index contributed by atoms with van der Waals surface area (Å²) in [4.78, 5) is 12.7. The Balaban J connectivity index is 1.66. The second-order valence-corrected chi connectivity index (χ2v) is 10.6. The number of anilines is 1. The Morgan fingerprint density at radius 1 is 0.844 bits per heavy atom. The standard InChI is InChI=1S/C28H32BrNO2/c1-19(26(31)30-25-17-14-22(18-24(25)29)27(2,3)4)32-23-15-12-21(13-16-23)28(5,6)20-10-8-7-9-11-20/h7-19H,1-6H3,(H,30,31). The van der Waals surface area contributed by atoms with Crippen LogP contribution in [0.1, 0.15) is 58.2 Å². The molecule has 0 aliphatic carbocycles. The normalized spacial score (nSPS) is 12.8. The lowest BCUT2D eigenvalue weighted by atomic mass is 9.78. The van der Waals surface area contributed by atoms with Crippen molar-refractivity contribution in [1.82, 2.24) is 0 Å². The number of halogens is 1. The zero-order valence-electron chi connectivity index (χ0n) is 19.7. The third kappa shape index (κ3) is 5.60. The van der Waals surface area contributed by atoms with Crippen LogP contribution in [-0.2, 0) is 15.6 Å². The van der Waals surface area contributed by atoms with Crippen molar-refractivity contribution in [3.05, 3.63) is 94.0 Å². The summed E-state index contributed by atoms with van der Waals surface area (Å²) in [6.07, 6.45) is -0.628. The largest absolute Gasteiger partial charge is 0.481 e. The molecule has 0 saturated carbocycles. The number of nitrogens with one attached hydrogen (secondary N) is 1. The molecule has 3 nitrogen and oxygen atoms in total. The van der Waals surface area contributed by atoms with Crippen LogP contribution in [0.4, 0.5) is 5.69 Å². The van der Waals surface area contributed by atoms with E-state index in [-0.39, 0.29) is 16.7 Å². The van der Waals surface area contributed by atoms with Gasteiger partial charge in [-0.1, -0.05) is 83.1 Å². The van der Waals surface area contributed by atoms with Gasteiger partial charge in [-0.15, -0.1) is 0 Å². The van der Waals surface area contributed by atoms with E-state index in [0.717, 1.165) is 10.2 Å². The Kier molecular flexibility index (Phi) is 7.14. The van der Waals surface area contributed by atoms with Crippen molar-refractivity contribution in [3.8, 4) is 5.75 Å². The lowest BCUT2D eigenvalue weighted by molar-refractivity contribution is -0.122. The van der Waals surface area contributed by atoms with Gasteiger partial charge in [0.25, 0.3) is 5.91 Å². The van der Waals surface area contributed by atoms with Crippen LogP contribution in [0.5, 0.6) is 5.75 Å². The van der Waals surface area contributed by atoms with Gasteiger partial charge < -0.3 is 10.1 Å². The van der Waals surface area contributed by atoms with Gasteiger partial charge >= 0.3 is 0 Å². The average Bonchev–Trinajstić information content (AvgIpc) is 2.75. The van der Waals surface area contributed by atoms with Crippen molar-refractivity contribution >= 4 is 27.5 Å². The first-order valence-electron chi connectivity index (χ1n) is 10.9. The zero-order valence-corrected chi connectivity index (χ0v) is 21.3. The number of carbonyl (C=O) groups excluding carboxylic acids is 1. The number of ether oxygens (including phenoxy) is 1. The van der Waals surface area contributed by atoms with Gasteiger partial charge in [-0.25, -0.2) is 0 Å². The molecule has 1 amide bonds. The molecule has 0 aliphatic heterocycles. The molecule has 0 heterocycles. The van der Waals surface area contributed by atoms with E-state index in [2.05, 4.69) is 92.3 Å². The molecule has 0 aliphatic rings.